The summed E-state index contributed by atoms with van der Waals surface area (Å²) in [6.07, 6.45) is 1.55. The highest BCUT2D eigenvalue weighted by Gasteiger charge is 2.15. The quantitative estimate of drug-likeness (QED) is 0.640. The van der Waals surface area contributed by atoms with Crippen LogP contribution in [0.15, 0.2) is 0 Å². The highest BCUT2D eigenvalue weighted by molar-refractivity contribution is 4.66. The van der Waals surface area contributed by atoms with Crippen molar-refractivity contribution in [1.82, 2.24) is 0 Å². The molecule has 0 aromatic rings. The Hall–Kier alpha value is -0.0800. The predicted molar refractivity (Wildman–Crippen MR) is 46.4 cm³/mol. The van der Waals surface area contributed by atoms with Gasteiger partial charge in [0.2, 0.25) is 0 Å². The Morgan fingerprint density at radius 3 is 2.00 bits per heavy atom. The molecule has 68 valence electrons. The van der Waals surface area contributed by atoms with Crippen molar-refractivity contribution < 1.29 is 10.2 Å². The van der Waals surface area contributed by atoms with Crippen molar-refractivity contribution in [2.45, 2.75) is 52.2 Å². The Morgan fingerprint density at radius 1 is 1.09 bits per heavy atom. The fourth-order valence-electron chi connectivity index (χ4n) is 0.950. The van der Waals surface area contributed by atoms with Gasteiger partial charge in [0.25, 0.3) is 0 Å². The SMILES string of the molecule is CC[C@@H](O)CC(O)[C@@H](C)CC. The highest BCUT2D eigenvalue weighted by atomic mass is 16.3. The Morgan fingerprint density at radius 2 is 1.64 bits per heavy atom. The van der Waals surface area contributed by atoms with E-state index in [-0.39, 0.29) is 12.2 Å². The van der Waals surface area contributed by atoms with E-state index in [1.807, 2.05) is 20.8 Å². The van der Waals surface area contributed by atoms with Crippen LogP contribution in [0, 0.1) is 5.92 Å². The second-order valence-corrected chi connectivity index (χ2v) is 3.25. The number of hydrogen-bond donors (Lipinski definition) is 2. The first-order valence-electron chi connectivity index (χ1n) is 4.47. The Bertz CT molecular complexity index is 93.6. The van der Waals surface area contributed by atoms with Gasteiger partial charge in [0, 0.05) is 0 Å². The molecule has 0 saturated carbocycles. The van der Waals surface area contributed by atoms with Gasteiger partial charge >= 0.3 is 0 Å². The standard InChI is InChI=1S/C9H20O2/c1-4-7(3)9(11)6-8(10)5-2/h7-11H,4-6H2,1-3H3/t7-,8+,9?/m0/s1. The molecule has 0 aromatic heterocycles. The minimum absolute atomic E-state index is 0.302. The van der Waals surface area contributed by atoms with E-state index in [0.717, 1.165) is 12.8 Å². The number of aliphatic hydroxyl groups excluding tert-OH is 2. The summed E-state index contributed by atoms with van der Waals surface area (Å²) in [5, 5.41) is 18.7. The lowest BCUT2D eigenvalue weighted by Gasteiger charge is -2.19. The fourth-order valence-corrected chi connectivity index (χ4v) is 0.950. The molecule has 3 atom stereocenters. The van der Waals surface area contributed by atoms with Crippen LogP contribution in [0.5, 0.6) is 0 Å². The van der Waals surface area contributed by atoms with E-state index in [4.69, 9.17) is 0 Å². The highest BCUT2D eigenvalue weighted by Crippen LogP contribution is 2.13. The molecule has 0 aliphatic rings. The number of hydrogen-bond acceptors (Lipinski definition) is 2. The van der Waals surface area contributed by atoms with Crippen LogP contribution >= 0.6 is 0 Å². The third-order valence-corrected chi connectivity index (χ3v) is 2.29. The van der Waals surface area contributed by atoms with Crippen LogP contribution in [0.2, 0.25) is 0 Å². The van der Waals surface area contributed by atoms with E-state index in [9.17, 15) is 10.2 Å². The van der Waals surface area contributed by atoms with Crippen molar-refractivity contribution >= 4 is 0 Å². The minimum Gasteiger partial charge on any atom is -0.393 e. The lowest BCUT2D eigenvalue weighted by Crippen LogP contribution is -2.23. The summed E-state index contributed by atoms with van der Waals surface area (Å²) in [7, 11) is 0. The summed E-state index contributed by atoms with van der Waals surface area (Å²) >= 11 is 0. The lowest BCUT2D eigenvalue weighted by molar-refractivity contribution is 0.0461. The molecule has 2 N–H and O–H groups in total. The van der Waals surface area contributed by atoms with Crippen LogP contribution in [0.1, 0.15) is 40.0 Å². The van der Waals surface area contributed by atoms with Crippen molar-refractivity contribution in [2.24, 2.45) is 5.92 Å². The van der Waals surface area contributed by atoms with Gasteiger partial charge in [-0.05, 0) is 18.8 Å². The largest absolute Gasteiger partial charge is 0.393 e. The normalized spacial score (nSPS) is 19.4. The van der Waals surface area contributed by atoms with Crippen LogP contribution in [0.4, 0.5) is 0 Å². The molecule has 1 unspecified atom stereocenters. The third-order valence-electron chi connectivity index (χ3n) is 2.29. The van der Waals surface area contributed by atoms with Crippen molar-refractivity contribution in [3.05, 3.63) is 0 Å². The minimum atomic E-state index is -0.338. The van der Waals surface area contributed by atoms with E-state index < -0.39 is 0 Å². The first kappa shape index (κ1) is 10.9. The molecular formula is C9H20O2. The molecule has 0 aromatic carbocycles. The van der Waals surface area contributed by atoms with Gasteiger partial charge in [-0.1, -0.05) is 27.2 Å². The molecule has 0 rings (SSSR count). The summed E-state index contributed by atoms with van der Waals surface area (Å²) in [5.74, 6) is 0.302. The van der Waals surface area contributed by atoms with Crippen LogP contribution in [0.25, 0.3) is 0 Å². The molecule has 0 amide bonds. The lowest BCUT2D eigenvalue weighted by atomic mass is 9.96. The Balaban J connectivity index is 3.58. The summed E-state index contributed by atoms with van der Waals surface area (Å²) in [6.45, 7) is 5.98. The maximum Gasteiger partial charge on any atom is 0.0590 e. The smallest absolute Gasteiger partial charge is 0.0590 e. The fraction of sp³-hybridized carbons (Fsp3) is 1.00. The average molecular weight is 160 g/mol. The molecule has 0 aliphatic heterocycles. The van der Waals surface area contributed by atoms with E-state index >= 15 is 0 Å². The average Bonchev–Trinajstić information content (AvgIpc) is 2.02. The van der Waals surface area contributed by atoms with Gasteiger partial charge in [-0.15, -0.1) is 0 Å². The molecule has 0 bridgehead atoms. The van der Waals surface area contributed by atoms with Gasteiger partial charge in [-0.3, -0.25) is 0 Å². The van der Waals surface area contributed by atoms with Crippen molar-refractivity contribution in [2.75, 3.05) is 0 Å². The van der Waals surface area contributed by atoms with E-state index in [1.54, 1.807) is 0 Å². The third kappa shape index (κ3) is 4.38. The molecule has 0 spiro atoms. The zero-order chi connectivity index (χ0) is 8.85. The first-order chi connectivity index (χ1) is 5.11. The van der Waals surface area contributed by atoms with E-state index in [2.05, 4.69) is 0 Å². The maximum absolute atomic E-state index is 9.46. The van der Waals surface area contributed by atoms with Gasteiger partial charge in [-0.2, -0.15) is 0 Å². The molecule has 0 radical (unpaired) electrons. The van der Waals surface area contributed by atoms with Gasteiger partial charge in [0.1, 0.15) is 0 Å². The molecule has 0 aliphatic carbocycles. The van der Waals surface area contributed by atoms with Crippen LogP contribution in [-0.4, -0.2) is 22.4 Å². The predicted octanol–water partition coefficient (Wildman–Crippen LogP) is 1.55. The van der Waals surface area contributed by atoms with E-state index in [0.29, 0.717) is 12.3 Å². The summed E-state index contributed by atoms with van der Waals surface area (Å²) < 4.78 is 0. The molecule has 11 heavy (non-hydrogen) atoms. The van der Waals surface area contributed by atoms with E-state index in [1.165, 1.54) is 0 Å². The second-order valence-electron chi connectivity index (χ2n) is 3.25. The maximum atomic E-state index is 9.46. The zero-order valence-corrected chi connectivity index (χ0v) is 7.75. The van der Waals surface area contributed by atoms with Crippen molar-refractivity contribution in [1.29, 1.82) is 0 Å². The second kappa shape index (κ2) is 5.56. The van der Waals surface area contributed by atoms with Gasteiger partial charge in [0.15, 0.2) is 0 Å². The molecule has 2 nitrogen and oxygen atoms in total. The van der Waals surface area contributed by atoms with Crippen LogP contribution in [-0.2, 0) is 0 Å². The molecular weight excluding hydrogens is 140 g/mol. The number of rotatable bonds is 5. The summed E-state index contributed by atoms with van der Waals surface area (Å²) in [5.41, 5.74) is 0. The first-order valence-corrected chi connectivity index (χ1v) is 4.47. The van der Waals surface area contributed by atoms with Crippen LogP contribution in [0.3, 0.4) is 0 Å². The van der Waals surface area contributed by atoms with Gasteiger partial charge in [-0.25, -0.2) is 0 Å². The van der Waals surface area contributed by atoms with Gasteiger partial charge < -0.3 is 10.2 Å². The van der Waals surface area contributed by atoms with Gasteiger partial charge in [0.05, 0.1) is 12.2 Å². The van der Waals surface area contributed by atoms with Crippen molar-refractivity contribution in [3.63, 3.8) is 0 Å². The Labute approximate surface area is 69.2 Å². The molecule has 0 fully saturated rings. The zero-order valence-electron chi connectivity index (χ0n) is 7.75. The summed E-state index contributed by atoms with van der Waals surface area (Å²) in [4.78, 5) is 0. The number of aliphatic hydroxyl groups is 2. The summed E-state index contributed by atoms with van der Waals surface area (Å²) in [6, 6.07) is 0. The van der Waals surface area contributed by atoms with Crippen molar-refractivity contribution in [3.8, 4) is 0 Å². The molecule has 2 heteroatoms. The molecule has 0 saturated heterocycles. The topological polar surface area (TPSA) is 40.5 Å². The molecule has 0 heterocycles. The monoisotopic (exact) mass is 160 g/mol. The van der Waals surface area contributed by atoms with Crippen LogP contribution < -0.4 is 0 Å². The Kier molecular flexibility index (Phi) is 5.51.